The number of aldehydes is 1. The normalized spacial score (nSPS) is 21.3. The van der Waals surface area contributed by atoms with Crippen LogP contribution in [0.15, 0.2) is 0 Å². The van der Waals surface area contributed by atoms with E-state index in [2.05, 4.69) is 10.1 Å². The van der Waals surface area contributed by atoms with Crippen LogP contribution in [0.3, 0.4) is 0 Å². The Bertz CT molecular complexity index is 799. The zero-order valence-corrected chi connectivity index (χ0v) is 17.1. The molecule has 13 heteroatoms. The van der Waals surface area contributed by atoms with Crippen molar-refractivity contribution in [3.05, 3.63) is 0 Å². The predicted molar refractivity (Wildman–Crippen MR) is 99.2 cm³/mol. The summed E-state index contributed by atoms with van der Waals surface area (Å²) >= 11 is 0. The van der Waals surface area contributed by atoms with Gasteiger partial charge in [-0.2, -0.15) is 0 Å². The van der Waals surface area contributed by atoms with Crippen molar-refractivity contribution in [1.29, 1.82) is 0 Å². The molecule has 0 aromatic carbocycles. The summed E-state index contributed by atoms with van der Waals surface area (Å²) in [6.07, 6.45) is 0.760. The molecule has 0 aliphatic carbocycles. The van der Waals surface area contributed by atoms with E-state index in [1.54, 1.807) is 0 Å². The first-order valence-electron chi connectivity index (χ1n) is 9.25. The molecule has 0 bridgehead atoms. The van der Waals surface area contributed by atoms with Crippen molar-refractivity contribution >= 4 is 39.9 Å². The Morgan fingerprint density at radius 3 is 2.55 bits per heavy atom. The lowest BCUT2D eigenvalue weighted by molar-refractivity contribution is -0.155. The number of urea groups is 1. The van der Waals surface area contributed by atoms with Crippen LogP contribution in [0.5, 0.6) is 0 Å². The lowest BCUT2D eigenvalue weighted by Crippen LogP contribution is -2.64. The minimum atomic E-state index is -3.78. The van der Waals surface area contributed by atoms with Crippen molar-refractivity contribution in [1.82, 2.24) is 25.2 Å². The molecule has 162 valence electrons. The van der Waals surface area contributed by atoms with E-state index in [0.717, 1.165) is 15.0 Å². The first-order valence-corrected chi connectivity index (χ1v) is 10.9. The van der Waals surface area contributed by atoms with Gasteiger partial charge in [0.25, 0.3) is 0 Å². The third kappa shape index (κ3) is 5.50. The Morgan fingerprint density at radius 1 is 1.28 bits per heavy atom. The molecule has 2 fully saturated rings. The summed E-state index contributed by atoms with van der Waals surface area (Å²) in [6.45, 7) is 2.69. The van der Waals surface area contributed by atoms with Gasteiger partial charge in [0, 0.05) is 25.9 Å². The summed E-state index contributed by atoms with van der Waals surface area (Å²) in [7, 11) is -3.78. The van der Waals surface area contributed by atoms with E-state index in [-0.39, 0.29) is 43.9 Å². The number of hydrogen-bond acceptors (Lipinski definition) is 7. The number of ketones is 1. The van der Waals surface area contributed by atoms with Crippen molar-refractivity contribution in [2.24, 2.45) is 0 Å². The lowest BCUT2D eigenvalue weighted by Gasteiger charge is -2.42. The molecular formula is C16H25N5O7S. The zero-order valence-electron chi connectivity index (χ0n) is 16.3. The van der Waals surface area contributed by atoms with Gasteiger partial charge in [-0.25, -0.2) is 28.2 Å². The maximum Gasteiger partial charge on any atom is 0.354 e. The van der Waals surface area contributed by atoms with E-state index < -0.39 is 40.0 Å². The maximum atomic E-state index is 13.0. The van der Waals surface area contributed by atoms with Crippen LogP contribution in [-0.2, 0) is 29.2 Å². The van der Waals surface area contributed by atoms with E-state index in [4.69, 9.17) is 0 Å². The van der Waals surface area contributed by atoms with Crippen LogP contribution in [0, 0.1) is 0 Å². The highest BCUT2D eigenvalue weighted by Gasteiger charge is 2.44. The maximum absolute atomic E-state index is 13.0. The Morgan fingerprint density at radius 2 is 1.97 bits per heavy atom. The predicted octanol–water partition coefficient (Wildman–Crippen LogP) is -1.46. The second-order valence-corrected chi connectivity index (χ2v) is 8.85. The van der Waals surface area contributed by atoms with Gasteiger partial charge in [0.1, 0.15) is 18.1 Å². The van der Waals surface area contributed by atoms with Crippen molar-refractivity contribution in [3.63, 3.8) is 0 Å². The number of Topliss-reactive ketones (excluding diaryl/α,β-unsaturated/α-hetero) is 1. The fraction of sp³-hybridized carbons (Fsp3) is 0.688. The number of carbonyl (C=O) groups excluding carboxylic acids is 5. The Kier molecular flexibility index (Phi) is 7.30. The fourth-order valence-corrected chi connectivity index (χ4v) is 3.79. The molecule has 4 amide bonds. The van der Waals surface area contributed by atoms with E-state index in [1.807, 2.05) is 0 Å². The minimum absolute atomic E-state index is 0.121. The summed E-state index contributed by atoms with van der Waals surface area (Å²) in [6, 6.07) is -3.04. The fourth-order valence-electron chi connectivity index (χ4n) is 3.15. The molecule has 2 aliphatic rings. The van der Waals surface area contributed by atoms with Crippen molar-refractivity contribution in [2.75, 3.05) is 18.8 Å². The van der Waals surface area contributed by atoms with Crippen molar-refractivity contribution in [3.8, 4) is 0 Å². The number of hydrazine groups is 2. The zero-order chi connectivity index (χ0) is 21.8. The quantitative estimate of drug-likeness (QED) is 0.445. The average molecular weight is 431 g/mol. The standard InChI is InChI=1S/C16H25N5O7S/c1-3-29(27,28)18-19-8-6-14(24)20-7-4-5-13(21(20)16(19)26)15(25)17-12(10-22)9-11(2)23/h10,12-13,18H,3-9H2,1-2H3,(H,17,25)/t12-,13-/m0/s1. The molecule has 2 aliphatic heterocycles. The van der Waals surface area contributed by atoms with Crippen molar-refractivity contribution in [2.45, 2.75) is 51.6 Å². The van der Waals surface area contributed by atoms with Gasteiger partial charge in [-0.15, -0.1) is 4.83 Å². The van der Waals surface area contributed by atoms with Crippen LogP contribution in [0.1, 0.15) is 39.5 Å². The van der Waals surface area contributed by atoms with E-state index in [1.165, 1.54) is 13.8 Å². The number of nitrogens with zero attached hydrogens (tertiary/aromatic N) is 3. The summed E-state index contributed by atoms with van der Waals surface area (Å²) in [5.74, 6) is -1.70. The van der Waals surface area contributed by atoms with Gasteiger partial charge >= 0.3 is 6.03 Å². The number of fused-ring (bicyclic) bond motifs is 1. The Hall–Kier alpha value is -2.54. The van der Waals surface area contributed by atoms with Gasteiger partial charge in [-0.1, -0.05) is 0 Å². The summed E-state index contributed by atoms with van der Waals surface area (Å²) in [5.41, 5.74) is 0. The number of sulfonamides is 1. The number of hydrogen-bond donors (Lipinski definition) is 2. The molecule has 0 radical (unpaired) electrons. The molecule has 29 heavy (non-hydrogen) atoms. The molecule has 0 saturated carbocycles. The SMILES string of the molecule is CCS(=O)(=O)NN1CCC(=O)N2CCC[C@@H](C(=O)N[C@H](C=O)CC(C)=O)N2C1=O. The molecule has 2 atom stereocenters. The Balaban J connectivity index is 2.28. The molecular weight excluding hydrogens is 406 g/mol. The molecule has 0 aromatic rings. The van der Waals surface area contributed by atoms with Crippen LogP contribution in [0.2, 0.25) is 0 Å². The van der Waals surface area contributed by atoms with Gasteiger partial charge in [-0.3, -0.25) is 14.4 Å². The summed E-state index contributed by atoms with van der Waals surface area (Å²) < 4.78 is 23.8. The summed E-state index contributed by atoms with van der Waals surface area (Å²) in [4.78, 5) is 62.7. The first kappa shape index (κ1) is 22.7. The largest absolute Gasteiger partial charge is 0.354 e. The molecule has 2 heterocycles. The third-order valence-electron chi connectivity index (χ3n) is 4.60. The number of carbonyl (C=O) groups is 5. The van der Waals surface area contributed by atoms with Gasteiger partial charge in [0.05, 0.1) is 11.8 Å². The van der Waals surface area contributed by atoms with E-state index >= 15 is 0 Å². The number of rotatable bonds is 8. The molecule has 2 rings (SSSR count). The highest BCUT2D eigenvalue weighted by molar-refractivity contribution is 7.89. The molecule has 2 saturated heterocycles. The Labute approximate surface area is 168 Å². The highest BCUT2D eigenvalue weighted by atomic mass is 32.2. The van der Waals surface area contributed by atoms with Gasteiger partial charge in [0.15, 0.2) is 0 Å². The summed E-state index contributed by atoms with van der Waals surface area (Å²) in [5, 5.41) is 5.28. The van der Waals surface area contributed by atoms with Crippen LogP contribution in [-0.4, -0.2) is 84.3 Å². The molecule has 0 spiro atoms. The van der Waals surface area contributed by atoms with Crippen LogP contribution in [0.25, 0.3) is 0 Å². The second-order valence-electron chi connectivity index (χ2n) is 6.86. The minimum Gasteiger partial charge on any atom is -0.344 e. The van der Waals surface area contributed by atoms with Crippen LogP contribution < -0.4 is 10.1 Å². The molecule has 0 unspecified atom stereocenters. The van der Waals surface area contributed by atoms with Gasteiger partial charge in [-0.05, 0) is 26.7 Å². The smallest absolute Gasteiger partial charge is 0.344 e. The number of nitrogens with one attached hydrogen (secondary N) is 2. The molecule has 2 N–H and O–H groups in total. The topological polar surface area (TPSA) is 153 Å². The lowest BCUT2D eigenvalue weighted by atomic mass is 10.1. The van der Waals surface area contributed by atoms with Crippen LogP contribution >= 0.6 is 0 Å². The highest BCUT2D eigenvalue weighted by Crippen LogP contribution is 2.24. The van der Waals surface area contributed by atoms with Crippen LogP contribution in [0.4, 0.5) is 4.79 Å². The van der Waals surface area contributed by atoms with Gasteiger partial charge in [0.2, 0.25) is 21.8 Å². The van der Waals surface area contributed by atoms with Crippen molar-refractivity contribution < 1.29 is 32.4 Å². The monoisotopic (exact) mass is 431 g/mol. The third-order valence-corrected chi connectivity index (χ3v) is 5.86. The average Bonchev–Trinajstić information content (AvgIpc) is 2.79. The second kappa shape index (κ2) is 9.31. The molecule has 0 aromatic heterocycles. The number of amides is 4. The van der Waals surface area contributed by atoms with E-state index in [9.17, 15) is 32.4 Å². The van der Waals surface area contributed by atoms with Gasteiger partial charge < -0.3 is 10.1 Å². The van der Waals surface area contributed by atoms with E-state index in [0.29, 0.717) is 12.7 Å². The molecule has 12 nitrogen and oxygen atoms in total. The first-order chi connectivity index (χ1) is 13.6.